The van der Waals surface area contributed by atoms with E-state index in [1.54, 1.807) is 0 Å². The predicted octanol–water partition coefficient (Wildman–Crippen LogP) is 1.93. The van der Waals surface area contributed by atoms with E-state index >= 15 is 0 Å². The Balaban J connectivity index is 2.63. The molecule has 6 heavy (non-hydrogen) atoms. The van der Waals surface area contributed by atoms with Crippen LogP contribution in [-0.4, -0.2) is 5.66 Å². The molecule has 0 heterocycles. The Hall–Kier alpha value is 1.12. The zero-order valence-electron chi connectivity index (χ0n) is 3.96. The van der Waals surface area contributed by atoms with Crippen molar-refractivity contribution in [3.8, 4) is 0 Å². The molecule has 0 aromatic heterocycles. The quantitative estimate of drug-likeness (QED) is 0.423. The second-order valence-corrected chi connectivity index (χ2v) is 4.64. The van der Waals surface area contributed by atoms with Gasteiger partial charge in [0.25, 0.3) is 0 Å². The molecular formula is C3H9INP. The summed E-state index contributed by atoms with van der Waals surface area (Å²) in [4.78, 5) is 0. The Morgan fingerprint density at radius 3 is 2.17 bits per heavy atom. The molecule has 1 unspecified atom stereocenters. The molecule has 0 aliphatic rings. The summed E-state index contributed by atoms with van der Waals surface area (Å²) < 4.78 is 3.06. The third-order valence-corrected chi connectivity index (χ3v) is 1.96. The van der Waals surface area contributed by atoms with E-state index in [-0.39, 0.29) is 0 Å². The molecule has 0 amide bonds. The zero-order chi connectivity index (χ0) is 4.99. The van der Waals surface area contributed by atoms with Gasteiger partial charge in [-0.15, -0.1) is 0 Å². The molecule has 0 radical (unpaired) electrons. The summed E-state index contributed by atoms with van der Waals surface area (Å²) in [5.74, 6) is 0. The van der Waals surface area contributed by atoms with Crippen molar-refractivity contribution in [2.75, 3.05) is 0 Å². The highest BCUT2D eigenvalue weighted by Crippen LogP contribution is 2.12. The molecule has 0 aromatic carbocycles. The fraction of sp³-hybridized carbons (Fsp3) is 1.00. The first-order valence-electron chi connectivity index (χ1n) is 1.88. The highest BCUT2D eigenvalue weighted by molar-refractivity contribution is 14.1. The van der Waals surface area contributed by atoms with E-state index in [4.69, 9.17) is 0 Å². The predicted molar refractivity (Wildman–Crippen MR) is 40.6 cm³/mol. The van der Waals surface area contributed by atoms with Gasteiger partial charge in [0, 0.05) is 22.9 Å². The highest BCUT2D eigenvalue weighted by Gasteiger charge is 1.85. The van der Waals surface area contributed by atoms with Crippen LogP contribution < -0.4 is 3.30 Å². The van der Waals surface area contributed by atoms with E-state index in [0.717, 1.165) is 14.4 Å². The first-order chi connectivity index (χ1) is 2.77. The molecule has 0 bridgehead atoms. The monoisotopic (exact) mass is 217 g/mol. The standard InChI is InChI=1S/C3H9INP/c1-3(2)6-5-4/h3,5-6H,1-2H3. The molecule has 3 heteroatoms. The summed E-state index contributed by atoms with van der Waals surface area (Å²) in [5.41, 5.74) is 0.807. The SMILES string of the molecule is CC(C)PNI. The molecule has 0 rings (SSSR count). The largest absolute Gasteiger partial charge is 0.242 e. The smallest absolute Gasteiger partial charge is 0.0209 e. The lowest BCUT2D eigenvalue weighted by Gasteiger charge is -1.97. The Morgan fingerprint density at radius 2 is 2.17 bits per heavy atom. The van der Waals surface area contributed by atoms with Gasteiger partial charge in [-0.1, -0.05) is 13.8 Å². The van der Waals surface area contributed by atoms with Gasteiger partial charge in [0.15, 0.2) is 0 Å². The number of rotatable bonds is 2. The van der Waals surface area contributed by atoms with Gasteiger partial charge in [-0.2, -0.15) is 0 Å². The molecule has 0 aliphatic heterocycles. The van der Waals surface area contributed by atoms with Crippen LogP contribution in [0.4, 0.5) is 0 Å². The lowest BCUT2D eigenvalue weighted by atomic mass is 10.6. The number of hydrogen-bond donors (Lipinski definition) is 1. The van der Waals surface area contributed by atoms with Crippen LogP contribution in [0, 0.1) is 0 Å². The van der Waals surface area contributed by atoms with Crippen LogP contribution in [0.15, 0.2) is 0 Å². The second kappa shape index (κ2) is 4.28. The van der Waals surface area contributed by atoms with Crippen molar-refractivity contribution in [1.82, 2.24) is 3.30 Å². The van der Waals surface area contributed by atoms with E-state index in [0.29, 0.717) is 0 Å². The van der Waals surface area contributed by atoms with Gasteiger partial charge in [0.2, 0.25) is 0 Å². The Morgan fingerprint density at radius 1 is 1.67 bits per heavy atom. The van der Waals surface area contributed by atoms with Crippen LogP contribution in [0.1, 0.15) is 13.8 Å². The van der Waals surface area contributed by atoms with E-state index in [2.05, 4.69) is 40.0 Å². The molecule has 0 spiro atoms. The minimum absolute atomic E-state index is 0.807. The van der Waals surface area contributed by atoms with Gasteiger partial charge >= 0.3 is 0 Å². The molecule has 1 atom stereocenters. The lowest BCUT2D eigenvalue weighted by Crippen LogP contribution is -1.87. The maximum Gasteiger partial charge on any atom is 0.0209 e. The van der Waals surface area contributed by atoms with Gasteiger partial charge < -0.3 is 0 Å². The normalized spacial score (nSPS) is 12.0. The summed E-state index contributed by atoms with van der Waals surface area (Å²) in [6.45, 7) is 4.40. The summed E-state index contributed by atoms with van der Waals surface area (Å²) in [6.07, 6.45) is 0. The van der Waals surface area contributed by atoms with Crippen molar-refractivity contribution in [2.24, 2.45) is 0 Å². The van der Waals surface area contributed by atoms with Gasteiger partial charge in [-0.05, 0) is 14.4 Å². The first kappa shape index (κ1) is 7.12. The molecule has 1 nitrogen and oxygen atoms in total. The van der Waals surface area contributed by atoms with Gasteiger partial charge in [-0.25, -0.2) is 3.30 Å². The third-order valence-electron chi connectivity index (χ3n) is 0.343. The fourth-order valence-corrected chi connectivity index (χ4v) is 2.20. The summed E-state index contributed by atoms with van der Waals surface area (Å²) in [6, 6.07) is 0. The molecule has 38 valence electrons. The molecular weight excluding hydrogens is 208 g/mol. The summed E-state index contributed by atoms with van der Waals surface area (Å²) in [5, 5.41) is 0. The molecule has 1 N–H and O–H groups in total. The maximum atomic E-state index is 3.06. The number of nitrogens with one attached hydrogen (secondary N) is 1. The Labute approximate surface area is 54.6 Å². The molecule has 0 saturated heterocycles. The number of hydrogen-bond acceptors (Lipinski definition) is 1. The van der Waals surface area contributed by atoms with Crippen LogP contribution in [0.25, 0.3) is 0 Å². The first-order valence-corrected chi connectivity index (χ1v) is 4.04. The minimum atomic E-state index is 0.807. The van der Waals surface area contributed by atoms with Crippen molar-refractivity contribution < 1.29 is 0 Å². The Bertz CT molecular complexity index is 32.0. The topological polar surface area (TPSA) is 12.0 Å². The zero-order valence-corrected chi connectivity index (χ0v) is 7.11. The van der Waals surface area contributed by atoms with Gasteiger partial charge in [0.05, 0.1) is 0 Å². The Kier molecular flexibility index (Phi) is 5.08. The van der Waals surface area contributed by atoms with Crippen LogP contribution in [0.2, 0.25) is 0 Å². The minimum Gasteiger partial charge on any atom is -0.242 e. The van der Waals surface area contributed by atoms with Crippen molar-refractivity contribution in [3.63, 3.8) is 0 Å². The van der Waals surface area contributed by atoms with Crippen molar-refractivity contribution >= 4 is 31.6 Å². The van der Waals surface area contributed by atoms with E-state index < -0.39 is 0 Å². The molecule has 0 saturated carbocycles. The van der Waals surface area contributed by atoms with Crippen LogP contribution in [0.3, 0.4) is 0 Å². The van der Waals surface area contributed by atoms with E-state index in [1.807, 2.05) is 0 Å². The van der Waals surface area contributed by atoms with Gasteiger partial charge in [-0.3, -0.25) is 0 Å². The number of halogens is 1. The molecule has 0 aromatic rings. The fourth-order valence-electron chi connectivity index (χ4n) is 0.109. The summed E-state index contributed by atoms with van der Waals surface area (Å²) in [7, 11) is 0.908. The lowest BCUT2D eigenvalue weighted by molar-refractivity contribution is 1.10. The second-order valence-electron chi connectivity index (χ2n) is 1.39. The highest BCUT2D eigenvalue weighted by atomic mass is 127. The van der Waals surface area contributed by atoms with Crippen LogP contribution in [-0.2, 0) is 0 Å². The van der Waals surface area contributed by atoms with Crippen LogP contribution >= 0.6 is 31.6 Å². The third kappa shape index (κ3) is 5.12. The van der Waals surface area contributed by atoms with Crippen molar-refractivity contribution in [3.05, 3.63) is 0 Å². The van der Waals surface area contributed by atoms with E-state index in [1.165, 1.54) is 0 Å². The van der Waals surface area contributed by atoms with Crippen LogP contribution in [0.5, 0.6) is 0 Å². The van der Waals surface area contributed by atoms with Gasteiger partial charge in [0.1, 0.15) is 0 Å². The average molecular weight is 217 g/mol. The van der Waals surface area contributed by atoms with E-state index in [9.17, 15) is 0 Å². The van der Waals surface area contributed by atoms with Crippen molar-refractivity contribution in [2.45, 2.75) is 19.5 Å². The van der Waals surface area contributed by atoms with Crippen molar-refractivity contribution in [1.29, 1.82) is 0 Å². The average Bonchev–Trinajstić information content (AvgIpc) is 1.35. The maximum absolute atomic E-state index is 3.06. The summed E-state index contributed by atoms with van der Waals surface area (Å²) >= 11 is 2.17. The molecule has 0 aliphatic carbocycles. The molecule has 0 fully saturated rings.